The summed E-state index contributed by atoms with van der Waals surface area (Å²) in [5.74, 6) is -1.57. The maximum absolute atomic E-state index is 10.7. The molecule has 0 saturated heterocycles. The third-order valence-corrected chi connectivity index (χ3v) is 2.33. The summed E-state index contributed by atoms with van der Waals surface area (Å²) in [6.45, 7) is 1.23. The molecule has 1 rings (SSSR count). The summed E-state index contributed by atoms with van der Waals surface area (Å²) in [6.07, 6.45) is -1.26. The highest BCUT2D eigenvalue weighted by Crippen LogP contribution is 2.38. The van der Waals surface area contributed by atoms with Crippen molar-refractivity contribution in [2.45, 2.75) is 13.0 Å². The molecular weight excluding hydrogens is 273 g/mol. The van der Waals surface area contributed by atoms with E-state index < -0.39 is 22.7 Å². The minimum Gasteiger partial charge on any atom is -0.479 e. The first-order chi connectivity index (χ1) is 7.82. The van der Waals surface area contributed by atoms with Crippen LogP contribution in [0.1, 0.15) is 6.92 Å². The van der Waals surface area contributed by atoms with E-state index in [1.807, 2.05) is 0 Å². The molecule has 0 unspecified atom stereocenters. The number of rotatable bonds is 4. The van der Waals surface area contributed by atoms with Gasteiger partial charge in [-0.15, -0.1) is 0 Å². The predicted octanol–water partition coefficient (Wildman–Crippen LogP) is 2.75. The molecule has 0 radical (unpaired) electrons. The molecule has 0 heterocycles. The fourth-order valence-electron chi connectivity index (χ4n) is 1.03. The van der Waals surface area contributed by atoms with E-state index in [1.54, 1.807) is 0 Å². The summed E-state index contributed by atoms with van der Waals surface area (Å²) in [7, 11) is 0. The van der Waals surface area contributed by atoms with E-state index in [0.29, 0.717) is 0 Å². The number of nitro groups is 1. The van der Waals surface area contributed by atoms with Gasteiger partial charge in [0, 0.05) is 11.1 Å². The van der Waals surface area contributed by atoms with Crippen LogP contribution in [0.5, 0.6) is 5.75 Å². The zero-order valence-electron chi connectivity index (χ0n) is 8.52. The number of carbonyl (C=O) groups is 1. The Morgan fingerprint density at radius 3 is 2.59 bits per heavy atom. The number of nitro benzene ring substituents is 1. The second kappa shape index (κ2) is 5.20. The topological polar surface area (TPSA) is 89.7 Å². The van der Waals surface area contributed by atoms with Crippen molar-refractivity contribution in [3.63, 3.8) is 0 Å². The highest BCUT2D eigenvalue weighted by Gasteiger charge is 2.24. The predicted molar refractivity (Wildman–Crippen MR) is 60.8 cm³/mol. The zero-order chi connectivity index (χ0) is 13.2. The van der Waals surface area contributed by atoms with Gasteiger partial charge in [0.15, 0.2) is 6.10 Å². The average molecular weight is 280 g/mol. The molecule has 1 atom stereocenters. The van der Waals surface area contributed by atoms with E-state index in [4.69, 9.17) is 33.0 Å². The van der Waals surface area contributed by atoms with Gasteiger partial charge in [-0.2, -0.15) is 0 Å². The summed E-state index contributed by atoms with van der Waals surface area (Å²) in [5, 5.41) is 19.3. The fourth-order valence-corrected chi connectivity index (χ4v) is 1.55. The lowest BCUT2D eigenvalue weighted by Gasteiger charge is -2.12. The maximum atomic E-state index is 10.7. The molecule has 0 aliphatic heterocycles. The lowest BCUT2D eigenvalue weighted by atomic mass is 10.3. The number of hydrogen-bond acceptors (Lipinski definition) is 4. The smallest absolute Gasteiger partial charge is 0.344 e. The van der Waals surface area contributed by atoms with Crippen LogP contribution in [0.25, 0.3) is 0 Å². The van der Waals surface area contributed by atoms with Crippen LogP contribution in [0, 0.1) is 10.1 Å². The van der Waals surface area contributed by atoms with E-state index in [9.17, 15) is 14.9 Å². The van der Waals surface area contributed by atoms with Gasteiger partial charge in [-0.25, -0.2) is 4.79 Å². The molecular formula is C9H7Cl2NO5. The van der Waals surface area contributed by atoms with E-state index >= 15 is 0 Å². The van der Waals surface area contributed by atoms with Crippen LogP contribution in [-0.4, -0.2) is 22.1 Å². The molecule has 0 amide bonds. The summed E-state index contributed by atoms with van der Waals surface area (Å²) < 4.78 is 4.92. The van der Waals surface area contributed by atoms with Crippen molar-refractivity contribution in [3.05, 3.63) is 32.3 Å². The Hall–Kier alpha value is -1.53. The molecule has 1 aromatic rings. The first kappa shape index (κ1) is 13.5. The van der Waals surface area contributed by atoms with Crippen LogP contribution in [-0.2, 0) is 4.79 Å². The van der Waals surface area contributed by atoms with Crippen molar-refractivity contribution in [2.75, 3.05) is 0 Å². The molecule has 92 valence electrons. The van der Waals surface area contributed by atoms with Crippen molar-refractivity contribution in [2.24, 2.45) is 0 Å². The maximum Gasteiger partial charge on any atom is 0.344 e. The van der Waals surface area contributed by atoms with Crippen molar-refractivity contribution >= 4 is 34.9 Å². The molecule has 0 aliphatic carbocycles. The van der Waals surface area contributed by atoms with Crippen LogP contribution in [0.15, 0.2) is 12.1 Å². The minimum atomic E-state index is -1.26. The second-order valence-electron chi connectivity index (χ2n) is 3.09. The Morgan fingerprint density at radius 1 is 1.53 bits per heavy atom. The van der Waals surface area contributed by atoms with E-state index in [0.717, 1.165) is 6.07 Å². The molecule has 0 fully saturated rings. The quantitative estimate of drug-likeness (QED) is 0.676. The number of carboxylic acid groups (broad SMARTS) is 1. The standard InChI is InChI=1S/C9H7Cl2NO5/c1-4(9(13)14)17-8-6(11)2-5(10)3-7(8)12(15)16/h2-4H,1H3,(H,13,14)/t4-/m1/s1. The van der Waals surface area contributed by atoms with E-state index in [-0.39, 0.29) is 15.8 Å². The van der Waals surface area contributed by atoms with Gasteiger partial charge in [-0.05, 0) is 13.0 Å². The van der Waals surface area contributed by atoms with Gasteiger partial charge < -0.3 is 9.84 Å². The highest BCUT2D eigenvalue weighted by atomic mass is 35.5. The number of halogens is 2. The van der Waals surface area contributed by atoms with Crippen LogP contribution < -0.4 is 4.74 Å². The molecule has 0 aliphatic rings. The lowest BCUT2D eigenvalue weighted by molar-refractivity contribution is -0.386. The Kier molecular flexibility index (Phi) is 4.14. The molecule has 8 heteroatoms. The summed E-state index contributed by atoms with van der Waals surface area (Å²) >= 11 is 11.3. The van der Waals surface area contributed by atoms with E-state index in [1.165, 1.54) is 13.0 Å². The number of nitrogens with zero attached hydrogens (tertiary/aromatic N) is 1. The van der Waals surface area contributed by atoms with Gasteiger partial charge in [0.1, 0.15) is 0 Å². The monoisotopic (exact) mass is 279 g/mol. The fraction of sp³-hybridized carbons (Fsp3) is 0.222. The highest BCUT2D eigenvalue weighted by molar-refractivity contribution is 6.36. The van der Waals surface area contributed by atoms with Crippen LogP contribution in [0.2, 0.25) is 10.0 Å². The van der Waals surface area contributed by atoms with Gasteiger partial charge in [0.2, 0.25) is 5.75 Å². The van der Waals surface area contributed by atoms with Gasteiger partial charge in [-0.3, -0.25) is 10.1 Å². The van der Waals surface area contributed by atoms with E-state index in [2.05, 4.69) is 0 Å². The molecule has 0 aromatic heterocycles. The average Bonchev–Trinajstić information content (AvgIpc) is 2.20. The Bertz CT molecular complexity index is 477. The molecule has 6 nitrogen and oxygen atoms in total. The molecule has 1 N–H and O–H groups in total. The number of benzene rings is 1. The van der Waals surface area contributed by atoms with Crippen LogP contribution >= 0.6 is 23.2 Å². The zero-order valence-corrected chi connectivity index (χ0v) is 10.0. The first-order valence-corrected chi connectivity index (χ1v) is 5.11. The number of aliphatic carboxylic acids is 1. The van der Waals surface area contributed by atoms with Gasteiger partial charge in [0.05, 0.1) is 9.95 Å². The first-order valence-electron chi connectivity index (χ1n) is 4.36. The van der Waals surface area contributed by atoms with Gasteiger partial charge >= 0.3 is 11.7 Å². The molecule has 0 spiro atoms. The van der Waals surface area contributed by atoms with Crippen LogP contribution in [0.3, 0.4) is 0 Å². The third-order valence-electron chi connectivity index (χ3n) is 1.83. The summed E-state index contributed by atoms with van der Waals surface area (Å²) in [4.78, 5) is 20.6. The van der Waals surface area contributed by atoms with Gasteiger partial charge in [0.25, 0.3) is 0 Å². The van der Waals surface area contributed by atoms with Crippen molar-refractivity contribution in [1.29, 1.82) is 0 Å². The summed E-state index contributed by atoms with van der Waals surface area (Å²) in [5.41, 5.74) is -0.476. The molecule has 17 heavy (non-hydrogen) atoms. The van der Waals surface area contributed by atoms with Crippen molar-refractivity contribution < 1.29 is 19.6 Å². The summed E-state index contributed by atoms with van der Waals surface area (Å²) in [6, 6.07) is 2.28. The molecule has 0 bridgehead atoms. The Labute approximate surface area is 106 Å². The second-order valence-corrected chi connectivity index (χ2v) is 3.93. The Balaban J connectivity index is 3.21. The molecule has 0 saturated carbocycles. The van der Waals surface area contributed by atoms with Crippen molar-refractivity contribution in [1.82, 2.24) is 0 Å². The minimum absolute atomic E-state index is 0.0667. The van der Waals surface area contributed by atoms with Gasteiger partial charge in [-0.1, -0.05) is 23.2 Å². The largest absolute Gasteiger partial charge is 0.479 e. The number of ether oxygens (including phenoxy) is 1. The Morgan fingerprint density at radius 2 is 2.12 bits per heavy atom. The lowest BCUT2D eigenvalue weighted by Crippen LogP contribution is -2.23. The molecule has 1 aromatic carbocycles. The van der Waals surface area contributed by atoms with Crippen LogP contribution in [0.4, 0.5) is 5.69 Å². The SMILES string of the molecule is C[C@@H](Oc1c(Cl)cc(Cl)cc1[N+](=O)[O-])C(=O)O. The number of carboxylic acids is 1. The third kappa shape index (κ3) is 3.21. The normalized spacial score (nSPS) is 11.9. The number of hydrogen-bond donors (Lipinski definition) is 1. The van der Waals surface area contributed by atoms with Crippen molar-refractivity contribution in [3.8, 4) is 5.75 Å².